The van der Waals surface area contributed by atoms with Crippen molar-refractivity contribution in [1.29, 1.82) is 0 Å². The molecule has 7 heteroatoms. The van der Waals surface area contributed by atoms with Crippen LogP contribution in [0, 0.1) is 23.7 Å². The zero-order valence-corrected chi connectivity index (χ0v) is 15.9. The summed E-state index contributed by atoms with van der Waals surface area (Å²) in [6, 6.07) is -1.19. The van der Waals surface area contributed by atoms with Crippen LogP contribution < -0.4 is 0 Å². The predicted octanol–water partition coefficient (Wildman–Crippen LogP) is 1.67. The number of hydrogen-bond donors (Lipinski definition) is 1. The van der Waals surface area contributed by atoms with Gasteiger partial charge in [-0.1, -0.05) is 12.2 Å². The summed E-state index contributed by atoms with van der Waals surface area (Å²) >= 11 is 1.56. The maximum Gasteiger partial charge on any atom is 0.327 e. The molecule has 1 amide bonds. The molecule has 4 fully saturated rings. The third-order valence-corrected chi connectivity index (χ3v) is 8.57. The second kappa shape index (κ2) is 5.50. The molecule has 3 aliphatic heterocycles. The summed E-state index contributed by atoms with van der Waals surface area (Å²) in [7, 11) is 0. The van der Waals surface area contributed by atoms with E-state index in [9.17, 15) is 14.7 Å². The monoisotopic (exact) mass is 375 g/mol. The van der Waals surface area contributed by atoms with E-state index < -0.39 is 22.8 Å². The van der Waals surface area contributed by atoms with Gasteiger partial charge in [0, 0.05) is 17.8 Å². The molecular formula is C19H25N3O3S. The Balaban J connectivity index is 1.27. The molecule has 0 spiro atoms. The molecule has 3 aliphatic carbocycles. The molecule has 6 aliphatic rings. The highest BCUT2D eigenvalue weighted by molar-refractivity contribution is 8.01. The van der Waals surface area contributed by atoms with E-state index in [0.717, 1.165) is 24.9 Å². The van der Waals surface area contributed by atoms with Crippen LogP contribution in [0.25, 0.3) is 0 Å². The summed E-state index contributed by atoms with van der Waals surface area (Å²) in [5.74, 6) is 1.82. The predicted molar refractivity (Wildman–Crippen MR) is 99.9 cm³/mol. The minimum Gasteiger partial charge on any atom is -0.480 e. The molecule has 0 aromatic carbocycles. The highest BCUT2D eigenvalue weighted by Crippen LogP contribution is 2.52. The Hall–Kier alpha value is -1.50. The van der Waals surface area contributed by atoms with Crippen LogP contribution in [0.5, 0.6) is 0 Å². The summed E-state index contributed by atoms with van der Waals surface area (Å²) in [5, 5.41) is 9.35. The maximum absolute atomic E-state index is 12.5. The highest BCUT2D eigenvalue weighted by Gasteiger charge is 2.64. The first-order chi connectivity index (χ1) is 12.4. The summed E-state index contributed by atoms with van der Waals surface area (Å²) in [4.78, 5) is 32.5. The van der Waals surface area contributed by atoms with E-state index in [0.29, 0.717) is 11.8 Å². The maximum atomic E-state index is 12.5. The third-order valence-electron chi connectivity index (χ3n) is 7.02. The Labute approximate surface area is 157 Å². The SMILES string of the molecule is CC1(C)S[C@@H]2[C@H](N=CN3CC4C5C=CC(CC5)C4C3)C(=O)N2[C@H]1C(=O)O. The van der Waals surface area contributed by atoms with Gasteiger partial charge in [-0.05, 0) is 50.4 Å². The smallest absolute Gasteiger partial charge is 0.327 e. The van der Waals surface area contributed by atoms with Crippen LogP contribution >= 0.6 is 11.8 Å². The average molecular weight is 375 g/mol. The van der Waals surface area contributed by atoms with Crippen LogP contribution in [0.3, 0.4) is 0 Å². The van der Waals surface area contributed by atoms with E-state index in [2.05, 4.69) is 22.0 Å². The molecule has 0 radical (unpaired) electrons. The van der Waals surface area contributed by atoms with Gasteiger partial charge in [-0.3, -0.25) is 9.79 Å². The van der Waals surface area contributed by atoms with Crippen LogP contribution in [-0.4, -0.2) is 68.4 Å². The van der Waals surface area contributed by atoms with Crippen molar-refractivity contribution < 1.29 is 14.7 Å². The van der Waals surface area contributed by atoms with Crippen molar-refractivity contribution in [3.8, 4) is 0 Å². The lowest BCUT2D eigenvalue weighted by Crippen LogP contribution is -2.65. The van der Waals surface area contributed by atoms with Crippen molar-refractivity contribution in [2.24, 2.45) is 28.7 Å². The summed E-state index contributed by atoms with van der Waals surface area (Å²) in [6.45, 7) is 5.87. The van der Waals surface area contributed by atoms with Gasteiger partial charge in [0.2, 0.25) is 0 Å². The number of likely N-dealkylation sites (tertiary alicyclic amines) is 1. The first-order valence-electron chi connectivity index (χ1n) is 9.55. The van der Waals surface area contributed by atoms with Gasteiger partial charge in [0.25, 0.3) is 5.91 Å². The van der Waals surface area contributed by atoms with Gasteiger partial charge >= 0.3 is 5.97 Å². The number of carbonyl (C=O) groups excluding carboxylic acids is 1. The molecule has 1 N–H and O–H groups in total. The van der Waals surface area contributed by atoms with E-state index in [1.165, 1.54) is 17.7 Å². The molecule has 6 nitrogen and oxygen atoms in total. The lowest BCUT2D eigenvalue weighted by molar-refractivity contribution is -0.158. The molecular weight excluding hydrogens is 350 g/mol. The number of carboxylic acid groups (broad SMARTS) is 1. The van der Waals surface area contributed by atoms with Crippen molar-refractivity contribution >= 4 is 30.0 Å². The minimum atomic E-state index is -0.924. The van der Waals surface area contributed by atoms with E-state index in [1.807, 2.05) is 20.2 Å². The number of carbonyl (C=O) groups is 2. The lowest BCUT2D eigenvalue weighted by Gasteiger charge is -2.41. The van der Waals surface area contributed by atoms with Gasteiger partial charge < -0.3 is 14.9 Å². The first kappa shape index (κ1) is 16.7. The number of β-lactam (4-membered cyclic amide) rings is 1. The van der Waals surface area contributed by atoms with E-state index >= 15 is 0 Å². The molecule has 6 rings (SSSR count). The topological polar surface area (TPSA) is 73.2 Å². The summed E-state index contributed by atoms with van der Waals surface area (Å²) in [5.41, 5.74) is 0. The van der Waals surface area contributed by atoms with Gasteiger partial charge in [-0.25, -0.2) is 4.79 Å². The number of carboxylic acids is 1. The van der Waals surface area contributed by atoms with Crippen LogP contribution in [0.15, 0.2) is 17.1 Å². The fourth-order valence-electron chi connectivity index (χ4n) is 5.76. The van der Waals surface area contributed by atoms with Crippen LogP contribution in [0.4, 0.5) is 0 Å². The number of thioether (sulfide) groups is 1. The molecule has 3 saturated heterocycles. The Morgan fingerprint density at radius 2 is 1.88 bits per heavy atom. The summed E-state index contributed by atoms with van der Waals surface area (Å²) in [6.07, 6.45) is 9.32. The van der Waals surface area contributed by atoms with E-state index in [4.69, 9.17) is 0 Å². The number of aliphatic imine (C=N–C) groups is 1. The number of hydrogen-bond acceptors (Lipinski definition) is 4. The van der Waals surface area contributed by atoms with Crippen molar-refractivity contribution in [3.05, 3.63) is 12.2 Å². The molecule has 4 unspecified atom stereocenters. The molecule has 26 heavy (non-hydrogen) atoms. The normalized spacial score (nSPS) is 45.2. The van der Waals surface area contributed by atoms with Crippen molar-refractivity contribution in [1.82, 2.24) is 9.80 Å². The van der Waals surface area contributed by atoms with Crippen LogP contribution in [0.1, 0.15) is 26.7 Å². The fourth-order valence-corrected chi connectivity index (χ4v) is 7.38. The lowest BCUT2D eigenvalue weighted by atomic mass is 9.64. The van der Waals surface area contributed by atoms with Crippen LogP contribution in [-0.2, 0) is 9.59 Å². The molecule has 3 heterocycles. The Bertz CT molecular complexity index is 699. The molecule has 0 aromatic heterocycles. The van der Waals surface area contributed by atoms with Crippen molar-refractivity contribution in [3.63, 3.8) is 0 Å². The van der Waals surface area contributed by atoms with E-state index in [1.54, 1.807) is 11.8 Å². The quantitative estimate of drug-likeness (QED) is 0.352. The van der Waals surface area contributed by atoms with Crippen molar-refractivity contribution in [2.75, 3.05) is 13.1 Å². The number of allylic oxidation sites excluding steroid dienone is 2. The standard InChI is InChI=1S/C19H25N3O3S/c1-19(2)15(18(24)25)22-16(23)14(17(22)26-19)20-9-21-7-12-10-3-4-11(6-5-10)13(12)8-21/h3-4,9-15,17H,5-8H2,1-2H3,(H,24,25)/t10?,11?,12?,13?,14-,15+,17-/m1/s1. The highest BCUT2D eigenvalue weighted by atomic mass is 32.2. The minimum absolute atomic E-state index is 0.141. The van der Waals surface area contributed by atoms with Gasteiger partial charge in [0.15, 0.2) is 6.04 Å². The van der Waals surface area contributed by atoms with Crippen molar-refractivity contribution in [2.45, 2.75) is 48.9 Å². The molecule has 2 bridgehead atoms. The number of aliphatic carboxylic acids is 1. The Morgan fingerprint density at radius 3 is 2.42 bits per heavy atom. The van der Waals surface area contributed by atoms with Crippen LogP contribution in [0.2, 0.25) is 0 Å². The fraction of sp³-hybridized carbons (Fsp3) is 0.737. The van der Waals surface area contributed by atoms with Gasteiger partial charge in [-0.2, -0.15) is 0 Å². The van der Waals surface area contributed by atoms with Gasteiger partial charge in [-0.15, -0.1) is 11.8 Å². The Kier molecular flexibility index (Phi) is 3.53. The molecule has 1 saturated carbocycles. The second-order valence-electron chi connectivity index (χ2n) is 8.88. The second-order valence-corrected chi connectivity index (χ2v) is 10.6. The first-order valence-corrected chi connectivity index (χ1v) is 10.4. The third kappa shape index (κ3) is 2.22. The zero-order valence-electron chi connectivity index (χ0n) is 15.1. The molecule has 140 valence electrons. The number of amides is 1. The number of nitrogens with zero attached hydrogens (tertiary/aromatic N) is 3. The Morgan fingerprint density at radius 1 is 1.27 bits per heavy atom. The largest absolute Gasteiger partial charge is 0.480 e. The average Bonchev–Trinajstić information content (AvgIpc) is 3.14. The summed E-state index contributed by atoms with van der Waals surface area (Å²) < 4.78 is -0.482. The number of rotatable bonds is 3. The van der Waals surface area contributed by atoms with Gasteiger partial charge in [0.05, 0.1) is 6.34 Å². The zero-order chi connectivity index (χ0) is 18.2. The van der Waals surface area contributed by atoms with E-state index in [-0.39, 0.29) is 11.3 Å². The molecule has 7 atom stereocenters. The van der Waals surface area contributed by atoms with Gasteiger partial charge in [0.1, 0.15) is 11.4 Å². The number of fused-ring (bicyclic) bond motifs is 2. The molecule has 0 aromatic rings.